The Morgan fingerprint density at radius 3 is 2.37 bits per heavy atom. The van der Waals surface area contributed by atoms with Gasteiger partial charge < -0.3 is 19.5 Å². The Hall–Kier alpha value is -2.38. The molecule has 27 heavy (non-hydrogen) atoms. The number of halogens is 1. The second-order valence-electron chi connectivity index (χ2n) is 5.28. The first-order valence-electron chi connectivity index (χ1n) is 8.14. The molecule has 8 heteroatoms. The van der Waals surface area contributed by atoms with Gasteiger partial charge in [0.05, 0.1) is 19.4 Å². The number of thioether (sulfide) groups is 1. The molecular formula is C19H20ClNO5S. The third-order valence-corrected chi connectivity index (χ3v) is 4.52. The number of ether oxygens (including phenoxy) is 3. The minimum absolute atomic E-state index is 0.124. The van der Waals surface area contributed by atoms with Crippen LogP contribution in [-0.2, 0) is 14.3 Å². The van der Waals surface area contributed by atoms with Crippen LogP contribution in [0.4, 0.5) is 0 Å². The molecule has 6 nitrogen and oxygen atoms in total. The highest BCUT2D eigenvalue weighted by Crippen LogP contribution is 2.21. The van der Waals surface area contributed by atoms with Gasteiger partial charge in [-0.3, -0.25) is 9.59 Å². The minimum Gasteiger partial charge on any atom is -0.497 e. The molecule has 0 heterocycles. The summed E-state index contributed by atoms with van der Waals surface area (Å²) in [6.07, 6.45) is 0. The monoisotopic (exact) mass is 409 g/mol. The second-order valence-corrected chi connectivity index (χ2v) is 6.76. The number of benzene rings is 2. The van der Waals surface area contributed by atoms with Crippen molar-refractivity contribution >= 4 is 35.2 Å². The Balaban J connectivity index is 1.56. The fraction of sp³-hybridized carbons (Fsp3) is 0.263. The largest absolute Gasteiger partial charge is 0.497 e. The van der Waals surface area contributed by atoms with E-state index in [0.29, 0.717) is 23.9 Å². The van der Waals surface area contributed by atoms with Crippen molar-refractivity contribution in [2.75, 3.05) is 32.6 Å². The number of carbonyl (C=O) groups is 2. The number of hydrogen-bond acceptors (Lipinski definition) is 6. The van der Waals surface area contributed by atoms with Crippen LogP contribution in [0.2, 0.25) is 5.02 Å². The molecule has 2 rings (SSSR count). The van der Waals surface area contributed by atoms with E-state index in [2.05, 4.69) is 5.32 Å². The minimum atomic E-state index is -0.455. The zero-order valence-electron chi connectivity index (χ0n) is 14.8. The van der Waals surface area contributed by atoms with E-state index in [4.69, 9.17) is 25.8 Å². The topological polar surface area (TPSA) is 73.9 Å². The van der Waals surface area contributed by atoms with Gasteiger partial charge in [0.2, 0.25) is 0 Å². The lowest BCUT2D eigenvalue weighted by Gasteiger charge is -2.08. The summed E-state index contributed by atoms with van der Waals surface area (Å²) < 4.78 is 15.5. The summed E-state index contributed by atoms with van der Waals surface area (Å²) in [5.74, 6) is 0.703. The molecule has 0 fully saturated rings. The molecule has 0 aliphatic heterocycles. The summed E-state index contributed by atoms with van der Waals surface area (Å²) in [6.45, 7) is 0.289. The summed E-state index contributed by atoms with van der Waals surface area (Å²) >= 11 is 7.11. The van der Waals surface area contributed by atoms with E-state index in [-0.39, 0.29) is 18.3 Å². The van der Waals surface area contributed by atoms with Gasteiger partial charge in [-0.25, -0.2) is 0 Å². The van der Waals surface area contributed by atoms with Gasteiger partial charge in [0, 0.05) is 9.92 Å². The number of carbonyl (C=O) groups excluding carboxylic acids is 2. The highest BCUT2D eigenvalue weighted by atomic mass is 35.5. The fourth-order valence-electron chi connectivity index (χ4n) is 1.94. The van der Waals surface area contributed by atoms with Gasteiger partial charge in [0.25, 0.3) is 5.91 Å². The average molecular weight is 410 g/mol. The van der Waals surface area contributed by atoms with Crippen molar-refractivity contribution in [2.45, 2.75) is 4.90 Å². The summed E-state index contributed by atoms with van der Waals surface area (Å²) in [7, 11) is 1.59. The number of rotatable bonds is 10. The lowest BCUT2D eigenvalue weighted by Crippen LogP contribution is -2.32. The van der Waals surface area contributed by atoms with Gasteiger partial charge in [0.1, 0.15) is 18.1 Å². The molecule has 0 saturated carbocycles. The first-order valence-corrected chi connectivity index (χ1v) is 9.50. The zero-order valence-corrected chi connectivity index (χ0v) is 16.3. The van der Waals surface area contributed by atoms with Crippen molar-refractivity contribution in [1.82, 2.24) is 5.32 Å². The number of nitrogens with one attached hydrogen (secondary N) is 1. The van der Waals surface area contributed by atoms with Gasteiger partial charge in [-0.1, -0.05) is 11.6 Å². The highest BCUT2D eigenvalue weighted by Gasteiger charge is 2.08. The molecule has 2 aromatic rings. The molecule has 0 spiro atoms. The van der Waals surface area contributed by atoms with Crippen LogP contribution < -0.4 is 14.8 Å². The van der Waals surface area contributed by atoms with E-state index in [0.717, 1.165) is 10.6 Å². The third kappa shape index (κ3) is 8.23. The molecule has 2 aromatic carbocycles. The summed E-state index contributed by atoms with van der Waals surface area (Å²) in [4.78, 5) is 24.3. The number of hydrogen-bond donors (Lipinski definition) is 1. The fourth-order valence-corrected chi connectivity index (χ4v) is 2.77. The van der Waals surface area contributed by atoms with Crippen LogP contribution in [0.1, 0.15) is 0 Å². The zero-order chi connectivity index (χ0) is 19.5. The van der Waals surface area contributed by atoms with Crippen molar-refractivity contribution in [3.63, 3.8) is 0 Å². The molecule has 0 aromatic heterocycles. The van der Waals surface area contributed by atoms with Crippen LogP contribution in [0.3, 0.4) is 0 Å². The molecule has 0 saturated heterocycles. The molecule has 0 aliphatic carbocycles. The Labute approximate surface area is 167 Å². The second kappa shape index (κ2) is 11.4. The number of methoxy groups -OCH3 is 1. The van der Waals surface area contributed by atoms with Crippen molar-refractivity contribution in [3.8, 4) is 11.5 Å². The summed E-state index contributed by atoms with van der Waals surface area (Å²) in [6, 6.07) is 14.3. The molecular weight excluding hydrogens is 390 g/mol. The highest BCUT2D eigenvalue weighted by molar-refractivity contribution is 8.00. The van der Waals surface area contributed by atoms with Crippen LogP contribution >= 0.6 is 23.4 Å². The molecule has 0 unspecified atom stereocenters. The summed E-state index contributed by atoms with van der Waals surface area (Å²) in [5, 5.41) is 3.25. The van der Waals surface area contributed by atoms with Crippen LogP contribution in [0.25, 0.3) is 0 Å². The van der Waals surface area contributed by atoms with Crippen molar-refractivity contribution in [1.29, 1.82) is 0 Å². The Kier molecular flexibility index (Phi) is 8.80. The van der Waals surface area contributed by atoms with Crippen LogP contribution in [0.5, 0.6) is 11.5 Å². The van der Waals surface area contributed by atoms with E-state index in [1.807, 2.05) is 24.3 Å². The van der Waals surface area contributed by atoms with Gasteiger partial charge in [0.15, 0.2) is 6.61 Å². The van der Waals surface area contributed by atoms with Crippen molar-refractivity contribution in [2.24, 2.45) is 0 Å². The van der Waals surface area contributed by atoms with Gasteiger partial charge in [-0.2, -0.15) is 0 Å². The normalized spacial score (nSPS) is 10.1. The lowest BCUT2D eigenvalue weighted by molar-refractivity contribution is -0.145. The van der Waals surface area contributed by atoms with Gasteiger partial charge in [-0.15, -0.1) is 11.8 Å². The molecule has 0 radical (unpaired) electrons. The van der Waals surface area contributed by atoms with E-state index >= 15 is 0 Å². The molecule has 1 amide bonds. The van der Waals surface area contributed by atoms with Crippen LogP contribution in [0, 0.1) is 0 Å². The van der Waals surface area contributed by atoms with Gasteiger partial charge in [-0.05, 0) is 48.5 Å². The first-order chi connectivity index (χ1) is 13.1. The van der Waals surface area contributed by atoms with Crippen LogP contribution in [0.15, 0.2) is 53.4 Å². The maximum absolute atomic E-state index is 11.7. The molecule has 0 aliphatic rings. The first kappa shape index (κ1) is 20.9. The number of esters is 1. The average Bonchev–Trinajstić information content (AvgIpc) is 2.69. The maximum atomic E-state index is 11.7. The molecule has 0 bridgehead atoms. The Bertz CT molecular complexity index is 737. The summed E-state index contributed by atoms with van der Waals surface area (Å²) in [5.41, 5.74) is 0. The Morgan fingerprint density at radius 2 is 1.70 bits per heavy atom. The third-order valence-electron chi connectivity index (χ3n) is 3.29. The predicted molar refractivity (Wildman–Crippen MR) is 105 cm³/mol. The van der Waals surface area contributed by atoms with Gasteiger partial charge >= 0.3 is 5.97 Å². The standard InChI is InChI=1S/C19H20ClNO5S/c1-24-15-6-8-17(9-7-15)27-13-19(23)26-12-18(22)21-10-11-25-16-4-2-14(20)3-5-16/h2-9H,10-13H2,1H3,(H,21,22). The van der Waals surface area contributed by atoms with Crippen molar-refractivity contribution in [3.05, 3.63) is 53.6 Å². The molecule has 1 N–H and O–H groups in total. The van der Waals surface area contributed by atoms with Crippen LogP contribution in [-0.4, -0.2) is 44.5 Å². The van der Waals surface area contributed by atoms with E-state index in [1.165, 1.54) is 11.8 Å². The molecule has 144 valence electrons. The smallest absolute Gasteiger partial charge is 0.316 e. The maximum Gasteiger partial charge on any atom is 0.316 e. The number of amides is 1. The van der Waals surface area contributed by atoms with E-state index in [1.54, 1.807) is 31.4 Å². The van der Waals surface area contributed by atoms with Crippen molar-refractivity contribution < 1.29 is 23.8 Å². The van der Waals surface area contributed by atoms with E-state index < -0.39 is 5.97 Å². The SMILES string of the molecule is COc1ccc(SCC(=O)OCC(=O)NCCOc2ccc(Cl)cc2)cc1. The van der Waals surface area contributed by atoms with E-state index in [9.17, 15) is 9.59 Å². The predicted octanol–water partition coefficient (Wildman–Crippen LogP) is 3.18. The molecule has 0 atom stereocenters. The lowest BCUT2D eigenvalue weighted by atomic mass is 10.3. The quantitative estimate of drug-likeness (QED) is 0.369. The Morgan fingerprint density at radius 1 is 1.04 bits per heavy atom.